The summed E-state index contributed by atoms with van der Waals surface area (Å²) in [6, 6.07) is 0. The fourth-order valence-electron chi connectivity index (χ4n) is 3.18. The lowest BCUT2D eigenvalue weighted by molar-refractivity contribution is 0.0589. The topological polar surface area (TPSA) is 0 Å². The summed E-state index contributed by atoms with van der Waals surface area (Å²) in [4.78, 5) is 0. The highest BCUT2D eigenvalue weighted by atomic mass is 14.6. The molecule has 2 fully saturated rings. The van der Waals surface area contributed by atoms with Crippen LogP contribution in [-0.4, -0.2) is 0 Å². The number of hydrogen-bond acceptors (Lipinski definition) is 0. The van der Waals surface area contributed by atoms with Gasteiger partial charge in [0.1, 0.15) is 0 Å². The zero-order valence-corrected chi connectivity index (χ0v) is 8.06. The zero-order valence-electron chi connectivity index (χ0n) is 8.06. The summed E-state index contributed by atoms with van der Waals surface area (Å²) in [5, 5.41) is 0. The largest absolute Gasteiger partial charge is 0.0622 e. The third kappa shape index (κ3) is 0.878. The van der Waals surface area contributed by atoms with Gasteiger partial charge in [0.2, 0.25) is 0 Å². The molecule has 0 saturated heterocycles. The number of fused-ring (bicyclic) bond motifs is 1. The molecule has 0 nitrogen and oxygen atoms in total. The molecule has 2 rings (SSSR count). The number of rotatable bonds is 1. The first-order chi connectivity index (χ1) is 5.14. The Balaban J connectivity index is 2.14. The lowest BCUT2D eigenvalue weighted by Crippen LogP contribution is -2.35. The molecule has 0 amide bonds. The van der Waals surface area contributed by atoms with Crippen molar-refractivity contribution in [1.82, 2.24) is 0 Å². The van der Waals surface area contributed by atoms with Crippen LogP contribution in [0.3, 0.4) is 0 Å². The van der Waals surface area contributed by atoms with E-state index in [1.54, 1.807) is 0 Å². The monoisotopic (exact) mass is 152 g/mol. The molecule has 0 aromatic heterocycles. The van der Waals surface area contributed by atoms with Gasteiger partial charge in [0.05, 0.1) is 0 Å². The Kier molecular flexibility index (Phi) is 1.56. The summed E-state index contributed by atoms with van der Waals surface area (Å²) in [6.45, 7) is 7.32. The summed E-state index contributed by atoms with van der Waals surface area (Å²) in [7, 11) is 0. The third-order valence-corrected chi connectivity index (χ3v) is 4.64. The van der Waals surface area contributed by atoms with E-state index in [-0.39, 0.29) is 0 Å². The molecular formula is C11H20. The molecule has 2 aliphatic rings. The Labute approximate surface area is 70.4 Å². The van der Waals surface area contributed by atoms with Crippen molar-refractivity contribution in [2.24, 2.45) is 23.2 Å². The van der Waals surface area contributed by atoms with E-state index in [0.717, 1.165) is 17.8 Å². The standard InChI is InChI=1S/C11H20/c1-8(2)11(3)7-6-9-4-5-10(9)11/h8-10H,4-7H2,1-3H3. The third-order valence-electron chi connectivity index (χ3n) is 4.64. The lowest BCUT2D eigenvalue weighted by Gasteiger charge is -2.43. The highest BCUT2D eigenvalue weighted by molar-refractivity contribution is 5.00. The minimum Gasteiger partial charge on any atom is -0.0622 e. The maximum atomic E-state index is 2.52. The van der Waals surface area contributed by atoms with Crippen molar-refractivity contribution in [2.75, 3.05) is 0 Å². The van der Waals surface area contributed by atoms with Crippen LogP contribution in [0.15, 0.2) is 0 Å². The first kappa shape index (κ1) is 7.64. The van der Waals surface area contributed by atoms with Crippen molar-refractivity contribution in [2.45, 2.75) is 46.5 Å². The second-order valence-electron chi connectivity index (χ2n) is 5.14. The van der Waals surface area contributed by atoms with Gasteiger partial charge in [-0.15, -0.1) is 0 Å². The second kappa shape index (κ2) is 2.24. The molecule has 11 heavy (non-hydrogen) atoms. The van der Waals surface area contributed by atoms with Crippen molar-refractivity contribution in [3.8, 4) is 0 Å². The van der Waals surface area contributed by atoms with Gasteiger partial charge >= 0.3 is 0 Å². The van der Waals surface area contributed by atoms with Crippen LogP contribution in [0.4, 0.5) is 0 Å². The first-order valence-electron chi connectivity index (χ1n) is 5.14. The quantitative estimate of drug-likeness (QED) is 0.539. The van der Waals surface area contributed by atoms with E-state index in [1.807, 2.05) is 0 Å². The van der Waals surface area contributed by atoms with Crippen LogP contribution < -0.4 is 0 Å². The van der Waals surface area contributed by atoms with E-state index in [1.165, 1.54) is 25.7 Å². The Morgan fingerprint density at radius 2 is 1.91 bits per heavy atom. The Bertz CT molecular complexity index is 159. The van der Waals surface area contributed by atoms with E-state index in [9.17, 15) is 0 Å². The van der Waals surface area contributed by atoms with Gasteiger partial charge in [-0.3, -0.25) is 0 Å². The molecule has 2 saturated carbocycles. The molecule has 0 bridgehead atoms. The van der Waals surface area contributed by atoms with Crippen LogP contribution in [0.5, 0.6) is 0 Å². The first-order valence-corrected chi connectivity index (χ1v) is 5.14. The van der Waals surface area contributed by atoms with Gasteiger partial charge in [0.25, 0.3) is 0 Å². The van der Waals surface area contributed by atoms with E-state index in [4.69, 9.17) is 0 Å². The SMILES string of the molecule is CC(C)C1(C)CCC2CCC21. The van der Waals surface area contributed by atoms with Crippen LogP contribution in [0.2, 0.25) is 0 Å². The summed E-state index contributed by atoms with van der Waals surface area (Å²) in [5.74, 6) is 3.13. The van der Waals surface area contributed by atoms with Gasteiger partial charge in [-0.1, -0.05) is 20.8 Å². The molecule has 2 aliphatic carbocycles. The summed E-state index contributed by atoms with van der Waals surface area (Å²) < 4.78 is 0. The molecule has 3 unspecified atom stereocenters. The van der Waals surface area contributed by atoms with Crippen LogP contribution >= 0.6 is 0 Å². The molecule has 3 atom stereocenters. The maximum absolute atomic E-state index is 2.52. The predicted molar refractivity (Wildman–Crippen MR) is 48.4 cm³/mol. The average molecular weight is 152 g/mol. The van der Waals surface area contributed by atoms with E-state index in [2.05, 4.69) is 20.8 Å². The van der Waals surface area contributed by atoms with E-state index in [0.29, 0.717) is 5.41 Å². The Hall–Kier alpha value is 0. The molecule has 0 aliphatic heterocycles. The number of hydrogen-bond donors (Lipinski definition) is 0. The van der Waals surface area contributed by atoms with E-state index < -0.39 is 0 Å². The van der Waals surface area contributed by atoms with Crippen molar-refractivity contribution in [3.05, 3.63) is 0 Å². The molecule has 0 spiro atoms. The van der Waals surface area contributed by atoms with E-state index >= 15 is 0 Å². The fourth-order valence-corrected chi connectivity index (χ4v) is 3.18. The minimum atomic E-state index is 0.711. The normalized spacial score (nSPS) is 49.1. The molecule has 0 aromatic carbocycles. The zero-order chi connectivity index (χ0) is 8.06. The summed E-state index contributed by atoms with van der Waals surface area (Å²) in [5.41, 5.74) is 0.711. The summed E-state index contributed by atoms with van der Waals surface area (Å²) in [6.07, 6.45) is 6.09. The van der Waals surface area contributed by atoms with Crippen LogP contribution in [0, 0.1) is 23.2 Å². The Morgan fingerprint density at radius 1 is 1.18 bits per heavy atom. The van der Waals surface area contributed by atoms with Crippen molar-refractivity contribution in [1.29, 1.82) is 0 Å². The van der Waals surface area contributed by atoms with Crippen molar-refractivity contribution in [3.63, 3.8) is 0 Å². The van der Waals surface area contributed by atoms with Gasteiger partial charge in [-0.05, 0) is 48.9 Å². The van der Waals surface area contributed by atoms with Crippen LogP contribution in [0.25, 0.3) is 0 Å². The predicted octanol–water partition coefficient (Wildman–Crippen LogP) is 3.47. The highest BCUT2D eigenvalue weighted by Gasteiger charge is 2.50. The van der Waals surface area contributed by atoms with Gasteiger partial charge in [-0.25, -0.2) is 0 Å². The Morgan fingerprint density at radius 3 is 2.18 bits per heavy atom. The highest BCUT2D eigenvalue weighted by Crippen LogP contribution is 2.60. The fraction of sp³-hybridized carbons (Fsp3) is 1.00. The van der Waals surface area contributed by atoms with Crippen LogP contribution in [0.1, 0.15) is 46.5 Å². The smallest absolute Gasteiger partial charge is 0.0272 e. The molecule has 64 valence electrons. The van der Waals surface area contributed by atoms with Crippen LogP contribution in [-0.2, 0) is 0 Å². The van der Waals surface area contributed by atoms with Gasteiger partial charge < -0.3 is 0 Å². The summed E-state index contributed by atoms with van der Waals surface area (Å²) >= 11 is 0. The maximum Gasteiger partial charge on any atom is -0.0272 e. The minimum absolute atomic E-state index is 0.711. The molecule has 0 heteroatoms. The molecular weight excluding hydrogens is 132 g/mol. The lowest BCUT2D eigenvalue weighted by atomic mass is 9.62. The van der Waals surface area contributed by atoms with Gasteiger partial charge in [0.15, 0.2) is 0 Å². The average Bonchev–Trinajstić information content (AvgIpc) is 2.04. The van der Waals surface area contributed by atoms with Crippen molar-refractivity contribution >= 4 is 0 Å². The molecule has 0 heterocycles. The molecule has 0 radical (unpaired) electrons. The second-order valence-corrected chi connectivity index (χ2v) is 5.14. The van der Waals surface area contributed by atoms with Gasteiger partial charge in [-0.2, -0.15) is 0 Å². The van der Waals surface area contributed by atoms with Gasteiger partial charge in [0, 0.05) is 0 Å². The van der Waals surface area contributed by atoms with Crippen molar-refractivity contribution < 1.29 is 0 Å². The molecule has 0 aromatic rings. The molecule has 0 N–H and O–H groups in total.